The second kappa shape index (κ2) is 3.34. The Labute approximate surface area is 71.1 Å². The summed E-state index contributed by atoms with van der Waals surface area (Å²) in [5, 5.41) is 9.25. The number of carbonyl (C=O) groups is 1. The van der Waals surface area contributed by atoms with Crippen molar-refractivity contribution in [3.8, 4) is 5.75 Å². The summed E-state index contributed by atoms with van der Waals surface area (Å²) in [6.45, 7) is 3.55. The maximum Gasteiger partial charge on any atom is 0.187 e. The Morgan fingerprint density at radius 2 is 2.25 bits per heavy atom. The number of aromatic hydroxyl groups is 1. The van der Waals surface area contributed by atoms with Crippen LogP contribution in [0.2, 0.25) is 0 Å². The fourth-order valence-electron chi connectivity index (χ4n) is 0.860. The molecule has 0 radical (unpaired) electrons. The van der Waals surface area contributed by atoms with Crippen LogP contribution in [-0.2, 0) is 0 Å². The van der Waals surface area contributed by atoms with Crippen LogP contribution in [-0.4, -0.2) is 15.9 Å². The summed E-state index contributed by atoms with van der Waals surface area (Å²) in [6, 6.07) is 3.05. The Morgan fingerprint density at radius 3 is 2.75 bits per heavy atom. The quantitative estimate of drug-likeness (QED) is 0.677. The first-order valence-corrected chi connectivity index (χ1v) is 3.81. The fraction of sp³-hybridized carbons (Fsp3) is 0.333. The highest BCUT2D eigenvalue weighted by atomic mass is 16.3. The van der Waals surface area contributed by atoms with Crippen LogP contribution in [0, 0.1) is 5.92 Å². The molecular formula is C9H11NO2. The van der Waals surface area contributed by atoms with Crippen molar-refractivity contribution in [2.75, 3.05) is 0 Å². The summed E-state index contributed by atoms with van der Waals surface area (Å²) in [5.74, 6) is -0.310. The van der Waals surface area contributed by atoms with Crippen LogP contribution in [0.4, 0.5) is 0 Å². The number of pyridine rings is 1. The van der Waals surface area contributed by atoms with Crippen LogP contribution < -0.4 is 0 Å². The number of aromatic nitrogens is 1. The smallest absolute Gasteiger partial charge is 0.187 e. The Hall–Kier alpha value is -1.38. The van der Waals surface area contributed by atoms with Crippen LogP contribution in [0.1, 0.15) is 24.3 Å². The third-order valence-corrected chi connectivity index (χ3v) is 1.54. The van der Waals surface area contributed by atoms with E-state index in [2.05, 4.69) is 4.98 Å². The third-order valence-electron chi connectivity index (χ3n) is 1.54. The van der Waals surface area contributed by atoms with Crippen molar-refractivity contribution in [3.05, 3.63) is 24.0 Å². The maximum atomic E-state index is 11.3. The monoisotopic (exact) mass is 165 g/mol. The summed E-state index contributed by atoms with van der Waals surface area (Å²) in [4.78, 5) is 15.1. The fourth-order valence-corrected chi connectivity index (χ4v) is 0.860. The minimum atomic E-state index is -0.134. The molecule has 3 nitrogen and oxygen atoms in total. The van der Waals surface area contributed by atoms with Gasteiger partial charge in [-0.25, -0.2) is 4.98 Å². The van der Waals surface area contributed by atoms with Gasteiger partial charge in [-0.3, -0.25) is 4.79 Å². The van der Waals surface area contributed by atoms with E-state index >= 15 is 0 Å². The molecule has 0 aliphatic heterocycles. The molecule has 0 unspecified atom stereocenters. The van der Waals surface area contributed by atoms with Crippen LogP contribution in [0.25, 0.3) is 0 Å². The normalized spacial score (nSPS) is 10.2. The lowest BCUT2D eigenvalue weighted by Gasteiger charge is -2.03. The zero-order valence-electron chi connectivity index (χ0n) is 7.11. The van der Waals surface area contributed by atoms with Gasteiger partial charge in [0.25, 0.3) is 0 Å². The maximum absolute atomic E-state index is 11.3. The van der Waals surface area contributed by atoms with Gasteiger partial charge in [0.2, 0.25) is 0 Å². The molecule has 0 bridgehead atoms. The van der Waals surface area contributed by atoms with Gasteiger partial charge >= 0.3 is 0 Å². The van der Waals surface area contributed by atoms with Gasteiger partial charge in [-0.15, -0.1) is 0 Å². The van der Waals surface area contributed by atoms with E-state index < -0.39 is 0 Å². The van der Waals surface area contributed by atoms with E-state index in [1.54, 1.807) is 19.9 Å². The lowest BCUT2D eigenvalue weighted by Crippen LogP contribution is -2.09. The molecule has 1 aromatic rings. The highest BCUT2D eigenvalue weighted by molar-refractivity contribution is 5.97. The third kappa shape index (κ3) is 1.61. The van der Waals surface area contributed by atoms with Crippen molar-refractivity contribution in [1.29, 1.82) is 0 Å². The molecule has 1 rings (SSSR count). The van der Waals surface area contributed by atoms with Crippen LogP contribution in [0.15, 0.2) is 18.3 Å². The highest BCUT2D eigenvalue weighted by Gasteiger charge is 2.14. The second-order valence-electron chi connectivity index (χ2n) is 2.89. The molecule has 0 aliphatic carbocycles. The van der Waals surface area contributed by atoms with Gasteiger partial charge in [0.15, 0.2) is 5.78 Å². The van der Waals surface area contributed by atoms with Crippen molar-refractivity contribution in [2.45, 2.75) is 13.8 Å². The molecule has 3 heteroatoms. The first-order chi connectivity index (χ1) is 5.63. The summed E-state index contributed by atoms with van der Waals surface area (Å²) in [6.07, 6.45) is 1.50. The van der Waals surface area contributed by atoms with E-state index in [0.717, 1.165) is 0 Å². The molecular weight excluding hydrogens is 154 g/mol. The van der Waals surface area contributed by atoms with E-state index in [1.807, 2.05) is 0 Å². The van der Waals surface area contributed by atoms with Gasteiger partial charge in [-0.2, -0.15) is 0 Å². The minimum absolute atomic E-state index is 0.0452. The summed E-state index contributed by atoms with van der Waals surface area (Å²) < 4.78 is 0. The van der Waals surface area contributed by atoms with Gasteiger partial charge in [0.1, 0.15) is 11.4 Å². The molecule has 12 heavy (non-hydrogen) atoms. The van der Waals surface area contributed by atoms with E-state index in [1.165, 1.54) is 12.3 Å². The van der Waals surface area contributed by atoms with Crippen molar-refractivity contribution < 1.29 is 9.90 Å². The molecule has 0 aromatic carbocycles. The van der Waals surface area contributed by atoms with Crippen molar-refractivity contribution in [2.24, 2.45) is 5.92 Å². The number of nitrogens with zero attached hydrogens (tertiary/aromatic N) is 1. The largest absolute Gasteiger partial charge is 0.506 e. The SMILES string of the molecule is CC(C)C(=O)c1ncccc1O. The second-order valence-corrected chi connectivity index (χ2v) is 2.89. The summed E-state index contributed by atoms with van der Waals surface area (Å²) in [5.41, 5.74) is 0.160. The molecule has 0 fully saturated rings. The van der Waals surface area contributed by atoms with E-state index in [4.69, 9.17) is 0 Å². The first-order valence-electron chi connectivity index (χ1n) is 3.81. The lowest BCUT2D eigenvalue weighted by molar-refractivity contribution is 0.0931. The number of rotatable bonds is 2. The minimum Gasteiger partial charge on any atom is -0.506 e. The average Bonchev–Trinajstić information content (AvgIpc) is 2.04. The van der Waals surface area contributed by atoms with E-state index in [9.17, 15) is 9.90 Å². The number of hydrogen-bond donors (Lipinski definition) is 1. The molecule has 1 aromatic heterocycles. The molecule has 0 saturated heterocycles. The Morgan fingerprint density at radius 1 is 1.58 bits per heavy atom. The zero-order valence-corrected chi connectivity index (χ0v) is 7.11. The summed E-state index contributed by atoms with van der Waals surface area (Å²) in [7, 11) is 0. The van der Waals surface area contributed by atoms with Crippen molar-refractivity contribution in [3.63, 3.8) is 0 Å². The standard InChI is InChI=1S/C9H11NO2/c1-6(2)9(12)8-7(11)4-3-5-10-8/h3-6,11H,1-2H3. The molecule has 0 saturated carbocycles. The van der Waals surface area contributed by atoms with Gasteiger partial charge in [-0.05, 0) is 12.1 Å². The lowest BCUT2D eigenvalue weighted by atomic mass is 10.1. The predicted octanol–water partition coefficient (Wildman–Crippen LogP) is 1.63. The number of Topliss-reactive ketones (excluding diaryl/α,β-unsaturated/α-hetero) is 1. The number of carbonyl (C=O) groups excluding carboxylic acids is 1. The van der Waals surface area contributed by atoms with Crippen LogP contribution >= 0.6 is 0 Å². The first kappa shape index (κ1) is 8.71. The van der Waals surface area contributed by atoms with Gasteiger partial charge in [0, 0.05) is 12.1 Å². The number of hydrogen-bond acceptors (Lipinski definition) is 3. The highest BCUT2D eigenvalue weighted by Crippen LogP contribution is 2.16. The van der Waals surface area contributed by atoms with Gasteiger partial charge < -0.3 is 5.11 Å². The predicted molar refractivity (Wildman–Crippen MR) is 45.1 cm³/mol. The van der Waals surface area contributed by atoms with Crippen molar-refractivity contribution in [1.82, 2.24) is 4.98 Å². The Bertz CT molecular complexity index is 294. The topological polar surface area (TPSA) is 50.2 Å². The molecule has 0 spiro atoms. The van der Waals surface area contributed by atoms with Crippen LogP contribution in [0.5, 0.6) is 5.75 Å². The molecule has 0 aliphatic rings. The molecule has 1 heterocycles. The Kier molecular flexibility index (Phi) is 2.43. The molecule has 0 atom stereocenters. The van der Waals surface area contributed by atoms with Crippen molar-refractivity contribution >= 4 is 5.78 Å². The Balaban J connectivity index is 3.03. The van der Waals surface area contributed by atoms with Gasteiger partial charge in [-0.1, -0.05) is 13.8 Å². The molecule has 0 amide bonds. The van der Waals surface area contributed by atoms with E-state index in [-0.39, 0.29) is 23.1 Å². The zero-order chi connectivity index (χ0) is 9.14. The van der Waals surface area contributed by atoms with E-state index in [0.29, 0.717) is 0 Å². The molecule has 64 valence electrons. The van der Waals surface area contributed by atoms with Gasteiger partial charge in [0.05, 0.1) is 0 Å². The summed E-state index contributed by atoms with van der Waals surface area (Å²) >= 11 is 0. The van der Waals surface area contributed by atoms with Crippen LogP contribution in [0.3, 0.4) is 0 Å². The average molecular weight is 165 g/mol. The number of ketones is 1. The molecule has 1 N–H and O–H groups in total.